The second-order valence-electron chi connectivity index (χ2n) is 6.31. The van der Waals surface area contributed by atoms with Crippen LogP contribution in [-0.2, 0) is 4.79 Å². The molecule has 0 aliphatic carbocycles. The molecule has 4 rings (SSSR count). The third-order valence-electron chi connectivity index (χ3n) is 4.62. The number of benzene rings is 2. The van der Waals surface area contributed by atoms with Gasteiger partial charge in [-0.1, -0.05) is 17.7 Å². The Balaban J connectivity index is 1.74. The van der Waals surface area contributed by atoms with Gasteiger partial charge in [0.25, 0.3) is 0 Å². The summed E-state index contributed by atoms with van der Waals surface area (Å²) in [5.74, 6) is 0.401. The number of nitrogens with two attached hydrogens (primary N) is 1. The van der Waals surface area contributed by atoms with Gasteiger partial charge in [-0.05, 0) is 49.2 Å². The number of aromatic nitrogens is 2. The number of hydrogen-bond donors (Lipinski definition) is 2. The van der Waals surface area contributed by atoms with Crippen LogP contribution in [-0.4, -0.2) is 28.5 Å². The van der Waals surface area contributed by atoms with Crippen LogP contribution in [0.1, 0.15) is 12.8 Å². The lowest BCUT2D eigenvalue weighted by Crippen LogP contribution is -2.40. The van der Waals surface area contributed by atoms with Gasteiger partial charge in [-0.3, -0.25) is 4.79 Å². The minimum absolute atomic E-state index is 0.263. The number of fused-ring (bicyclic) bond motifs is 1. The molecule has 1 fully saturated rings. The number of halogens is 1. The monoisotopic (exact) mass is 367 g/mol. The molecule has 0 spiro atoms. The Labute approximate surface area is 156 Å². The molecule has 1 aromatic heterocycles. The van der Waals surface area contributed by atoms with Crippen molar-refractivity contribution in [3.63, 3.8) is 0 Å². The molecule has 1 unspecified atom stereocenters. The molecule has 0 saturated carbocycles. The Hall–Kier alpha value is -2.86. The Morgan fingerprint density at radius 3 is 2.92 bits per heavy atom. The van der Waals surface area contributed by atoms with E-state index in [1.54, 1.807) is 0 Å². The summed E-state index contributed by atoms with van der Waals surface area (Å²) in [7, 11) is 0. The van der Waals surface area contributed by atoms with E-state index < -0.39 is 0 Å². The molecule has 7 heteroatoms. The Bertz CT molecular complexity index is 977. The summed E-state index contributed by atoms with van der Waals surface area (Å²) in [5.41, 5.74) is 8.17. The number of primary amides is 1. The Morgan fingerprint density at radius 2 is 2.12 bits per heavy atom. The number of nitrogens with zero attached hydrogens (tertiary/aromatic N) is 3. The summed E-state index contributed by atoms with van der Waals surface area (Å²) in [6.07, 6.45) is 3.26. The van der Waals surface area contributed by atoms with Crippen molar-refractivity contribution in [2.45, 2.75) is 18.9 Å². The van der Waals surface area contributed by atoms with Crippen LogP contribution in [0.4, 0.5) is 17.2 Å². The highest BCUT2D eigenvalue weighted by molar-refractivity contribution is 6.30. The van der Waals surface area contributed by atoms with Crippen molar-refractivity contribution in [3.8, 4) is 0 Å². The predicted octanol–water partition coefficient (Wildman–Crippen LogP) is 3.48. The molecule has 1 amide bonds. The maximum atomic E-state index is 11.7. The predicted molar refractivity (Wildman–Crippen MR) is 104 cm³/mol. The second kappa shape index (κ2) is 6.80. The fraction of sp³-hybridized carbons (Fsp3) is 0.211. The number of nitrogens with one attached hydrogen (secondary N) is 1. The van der Waals surface area contributed by atoms with Crippen LogP contribution in [0.3, 0.4) is 0 Å². The molecule has 0 bridgehead atoms. The van der Waals surface area contributed by atoms with E-state index >= 15 is 0 Å². The van der Waals surface area contributed by atoms with Gasteiger partial charge in [0.05, 0.1) is 5.52 Å². The van der Waals surface area contributed by atoms with Crippen LogP contribution < -0.4 is 16.0 Å². The Kier molecular flexibility index (Phi) is 4.34. The van der Waals surface area contributed by atoms with Crippen molar-refractivity contribution >= 4 is 45.6 Å². The fourth-order valence-corrected chi connectivity index (χ4v) is 3.59. The fourth-order valence-electron chi connectivity index (χ4n) is 3.40. The molecule has 2 heterocycles. The summed E-state index contributed by atoms with van der Waals surface area (Å²) in [4.78, 5) is 22.5. The standard InChI is InChI=1S/C19H18ClN5O/c20-12-3-1-4-13(9-12)24-19-15-10-14(6-7-16(15)22-11-23-19)25-8-2-5-17(25)18(21)26/h1,3-4,6-7,9-11,17H,2,5,8H2,(H2,21,26)(H,22,23,24). The van der Waals surface area contributed by atoms with Crippen molar-refractivity contribution < 1.29 is 4.79 Å². The number of carbonyl (C=O) groups is 1. The molecule has 3 N–H and O–H groups in total. The SMILES string of the molecule is NC(=O)C1CCCN1c1ccc2ncnc(Nc3cccc(Cl)c3)c2c1. The first-order valence-electron chi connectivity index (χ1n) is 8.45. The van der Waals surface area contributed by atoms with Gasteiger partial charge in [0, 0.05) is 28.3 Å². The van der Waals surface area contributed by atoms with Crippen molar-refractivity contribution in [3.05, 3.63) is 53.8 Å². The lowest BCUT2D eigenvalue weighted by Gasteiger charge is -2.24. The summed E-state index contributed by atoms with van der Waals surface area (Å²) < 4.78 is 0. The zero-order valence-electron chi connectivity index (χ0n) is 14.0. The highest BCUT2D eigenvalue weighted by Gasteiger charge is 2.29. The van der Waals surface area contributed by atoms with Crippen LogP contribution >= 0.6 is 11.6 Å². The molecule has 2 aromatic carbocycles. The maximum Gasteiger partial charge on any atom is 0.240 e. The summed E-state index contributed by atoms with van der Waals surface area (Å²) in [6.45, 7) is 0.809. The number of carbonyl (C=O) groups excluding carboxylic acids is 1. The topological polar surface area (TPSA) is 84.1 Å². The molecule has 6 nitrogen and oxygen atoms in total. The van der Waals surface area contributed by atoms with E-state index in [-0.39, 0.29) is 11.9 Å². The third-order valence-corrected chi connectivity index (χ3v) is 4.85. The third kappa shape index (κ3) is 3.15. The van der Waals surface area contributed by atoms with E-state index in [0.717, 1.165) is 41.7 Å². The Morgan fingerprint density at radius 1 is 1.23 bits per heavy atom. The molecule has 1 saturated heterocycles. The first-order valence-corrected chi connectivity index (χ1v) is 8.83. The minimum atomic E-state index is -0.288. The van der Waals surface area contributed by atoms with E-state index in [9.17, 15) is 4.79 Å². The van der Waals surface area contributed by atoms with E-state index in [4.69, 9.17) is 17.3 Å². The smallest absolute Gasteiger partial charge is 0.240 e. The van der Waals surface area contributed by atoms with Gasteiger partial charge in [0.15, 0.2) is 0 Å². The van der Waals surface area contributed by atoms with Gasteiger partial charge in [0.1, 0.15) is 18.2 Å². The number of anilines is 3. The van der Waals surface area contributed by atoms with Crippen molar-refractivity contribution in [2.24, 2.45) is 5.73 Å². The number of hydrogen-bond acceptors (Lipinski definition) is 5. The van der Waals surface area contributed by atoms with E-state index in [0.29, 0.717) is 10.8 Å². The zero-order valence-corrected chi connectivity index (χ0v) is 14.8. The first-order chi connectivity index (χ1) is 12.6. The van der Waals surface area contributed by atoms with Gasteiger partial charge < -0.3 is 16.0 Å². The van der Waals surface area contributed by atoms with Gasteiger partial charge in [-0.2, -0.15) is 0 Å². The van der Waals surface area contributed by atoms with Crippen molar-refractivity contribution in [2.75, 3.05) is 16.8 Å². The lowest BCUT2D eigenvalue weighted by molar-refractivity contribution is -0.119. The molecule has 1 atom stereocenters. The van der Waals surface area contributed by atoms with Gasteiger partial charge >= 0.3 is 0 Å². The maximum absolute atomic E-state index is 11.7. The lowest BCUT2D eigenvalue weighted by atomic mass is 10.1. The average Bonchev–Trinajstić information content (AvgIpc) is 3.12. The summed E-state index contributed by atoms with van der Waals surface area (Å²) in [6, 6.07) is 13.1. The highest BCUT2D eigenvalue weighted by atomic mass is 35.5. The molecular formula is C19H18ClN5O. The zero-order chi connectivity index (χ0) is 18.1. The normalized spacial score (nSPS) is 16.8. The molecule has 3 aromatic rings. The molecule has 1 aliphatic heterocycles. The number of amides is 1. The van der Waals surface area contributed by atoms with Gasteiger partial charge in [0.2, 0.25) is 5.91 Å². The summed E-state index contributed by atoms with van der Waals surface area (Å²) >= 11 is 6.06. The quantitative estimate of drug-likeness (QED) is 0.737. The minimum Gasteiger partial charge on any atom is -0.368 e. The first kappa shape index (κ1) is 16.6. The van der Waals surface area contributed by atoms with Crippen LogP contribution in [0.15, 0.2) is 48.8 Å². The van der Waals surface area contributed by atoms with Gasteiger partial charge in [-0.25, -0.2) is 9.97 Å². The number of rotatable bonds is 4. The van der Waals surface area contributed by atoms with Crippen LogP contribution in [0.25, 0.3) is 10.9 Å². The van der Waals surface area contributed by atoms with Crippen LogP contribution in [0.5, 0.6) is 0 Å². The molecule has 26 heavy (non-hydrogen) atoms. The largest absolute Gasteiger partial charge is 0.368 e. The second-order valence-corrected chi connectivity index (χ2v) is 6.75. The van der Waals surface area contributed by atoms with Crippen LogP contribution in [0.2, 0.25) is 5.02 Å². The molecule has 0 radical (unpaired) electrons. The van der Waals surface area contributed by atoms with Crippen molar-refractivity contribution in [1.82, 2.24) is 9.97 Å². The van der Waals surface area contributed by atoms with E-state index in [1.165, 1.54) is 6.33 Å². The van der Waals surface area contributed by atoms with Crippen LogP contribution in [0, 0.1) is 0 Å². The van der Waals surface area contributed by atoms with E-state index in [1.807, 2.05) is 42.5 Å². The molecular weight excluding hydrogens is 350 g/mol. The van der Waals surface area contributed by atoms with Crippen molar-refractivity contribution in [1.29, 1.82) is 0 Å². The molecule has 1 aliphatic rings. The highest BCUT2D eigenvalue weighted by Crippen LogP contribution is 2.31. The molecule has 132 valence electrons. The van der Waals surface area contributed by atoms with E-state index in [2.05, 4.69) is 20.2 Å². The summed E-state index contributed by atoms with van der Waals surface area (Å²) in [5, 5.41) is 4.82. The average molecular weight is 368 g/mol. The van der Waals surface area contributed by atoms with Gasteiger partial charge in [-0.15, -0.1) is 0 Å².